The van der Waals surface area contributed by atoms with Crippen molar-refractivity contribution in [3.05, 3.63) is 0 Å². The molecule has 5 heteroatoms. The number of amides is 2. The molecule has 0 radical (unpaired) electrons. The van der Waals surface area contributed by atoms with Crippen molar-refractivity contribution in [3.8, 4) is 0 Å². The van der Waals surface area contributed by atoms with E-state index in [-0.39, 0.29) is 30.7 Å². The lowest BCUT2D eigenvalue weighted by molar-refractivity contribution is -0.126. The van der Waals surface area contributed by atoms with Crippen molar-refractivity contribution in [2.75, 3.05) is 13.1 Å². The third-order valence-electron chi connectivity index (χ3n) is 8.98. The van der Waals surface area contributed by atoms with E-state index < -0.39 is 0 Å². The van der Waals surface area contributed by atoms with E-state index in [9.17, 15) is 14.4 Å². The van der Waals surface area contributed by atoms with Gasteiger partial charge in [-0.3, -0.25) is 14.4 Å². The maximum absolute atomic E-state index is 12.0. The molecule has 5 nitrogen and oxygen atoms in total. The zero-order valence-corrected chi connectivity index (χ0v) is 29.8. The smallest absolute Gasteiger partial charge is 0.220 e. The van der Waals surface area contributed by atoms with Gasteiger partial charge < -0.3 is 10.6 Å². The highest BCUT2D eigenvalue weighted by Crippen LogP contribution is 2.15. The van der Waals surface area contributed by atoms with Crippen LogP contribution in [0.4, 0.5) is 0 Å². The molecule has 0 bridgehead atoms. The summed E-state index contributed by atoms with van der Waals surface area (Å²) in [6.07, 6.45) is 40.1. The lowest BCUT2D eigenvalue weighted by Gasteiger charge is -2.07. The molecule has 0 spiro atoms. The van der Waals surface area contributed by atoms with E-state index in [2.05, 4.69) is 24.5 Å². The molecule has 0 aliphatic rings. The molecule has 2 N–H and O–H groups in total. The van der Waals surface area contributed by atoms with Gasteiger partial charge in [-0.2, -0.15) is 0 Å². The minimum atomic E-state index is -0.139. The second-order valence-corrected chi connectivity index (χ2v) is 13.5. The van der Waals surface area contributed by atoms with E-state index in [0.29, 0.717) is 12.8 Å². The number of rotatable bonds is 36. The van der Waals surface area contributed by atoms with Gasteiger partial charge >= 0.3 is 0 Å². The van der Waals surface area contributed by atoms with Gasteiger partial charge in [-0.15, -0.1) is 0 Å². The molecule has 0 fully saturated rings. The fraction of sp³-hybridized carbons (Fsp3) is 0.923. The minimum absolute atomic E-state index is 0.0107. The second-order valence-electron chi connectivity index (χ2n) is 13.5. The van der Waals surface area contributed by atoms with Crippen LogP contribution in [0.25, 0.3) is 0 Å². The molecule has 0 saturated carbocycles. The first-order chi connectivity index (χ1) is 21.6. The number of unbranched alkanes of at least 4 members (excludes halogenated alkanes) is 28. The number of carbonyl (C=O) groups is 3. The number of hydrogen-bond donors (Lipinski definition) is 2. The van der Waals surface area contributed by atoms with Crippen LogP contribution < -0.4 is 10.6 Å². The fourth-order valence-corrected chi connectivity index (χ4v) is 5.95. The average molecular weight is 621 g/mol. The van der Waals surface area contributed by atoms with Gasteiger partial charge in [0.1, 0.15) is 0 Å². The molecule has 0 saturated heterocycles. The molecule has 0 heterocycles. The Morgan fingerprint density at radius 1 is 0.318 bits per heavy atom. The average Bonchev–Trinajstić information content (AvgIpc) is 3.02. The highest BCUT2D eigenvalue weighted by atomic mass is 16.2. The first-order valence-electron chi connectivity index (χ1n) is 19.6. The molecule has 0 aromatic heterocycles. The Morgan fingerprint density at radius 3 is 0.750 bits per heavy atom. The van der Waals surface area contributed by atoms with Gasteiger partial charge in [0, 0.05) is 12.8 Å². The Kier molecular flexibility index (Phi) is 34.9. The standard InChI is InChI=1S/C39H76N2O3/c1-3-5-7-9-11-13-15-17-19-21-23-25-27-29-31-33-38(43)40-35-37(42)36-41-39(44)34-32-30-28-26-24-22-20-18-16-14-12-10-8-6-4-2/h3-36H2,1-2H3,(H,40,43)(H,41,44). The van der Waals surface area contributed by atoms with E-state index in [1.165, 1.54) is 167 Å². The zero-order valence-electron chi connectivity index (χ0n) is 29.8. The van der Waals surface area contributed by atoms with Crippen LogP contribution in [0, 0.1) is 0 Å². The van der Waals surface area contributed by atoms with Crippen LogP contribution in [-0.2, 0) is 14.4 Å². The van der Waals surface area contributed by atoms with Gasteiger partial charge in [0.2, 0.25) is 11.8 Å². The van der Waals surface area contributed by atoms with E-state index in [1.807, 2.05) is 0 Å². The highest BCUT2D eigenvalue weighted by Gasteiger charge is 2.08. The number of nitrogens with one attached hydrogen (secondary N) is 2. The predicted octanol–water partition coefficient (Wildman–Crippen LogP) is 11.3. The number of ketones is 1. The maximum Gasteiger partial charge on any atom is 0.220 e. The largest absolute Gasteiger partial charge is 0.349 e. The minimum Gasteiger partial charge on any atom is -0.349 e. The quantitative estimate of drug-likeness (QED) is 0.0684. The van der Waals surface area contributed by atoms with Crippen LogP contribution >= 0.6 is 0 Å². The van der Waals surface area contributed by atoms with Crippen LogP contribution in [-0.4, -0.2) is 30.7 Å². The van der Waals surface area contributed by atoms with Gasteiger partial charge in [-0.05, 0) is 12.8 Å². The van der Waals surface area contributed by atoms with Crippen molar-refractivity contribution in [3.63, 3.8) is 0 Å². The highest BCUT2D eigenvalue weighted by molar-refractivity contribution is 5.90. The van der Waals surface area contributed by atoms with Crippen LogP contribution in [0.3, 0.4) is 0 Å². The Hall–Kier alpha value is -1.39. The molecule has 2 amide bonds. The van der Waals surface area contributed by atoms with Crippen molar-refractivity contribution in [1.82, 2.24) is 10.6 Å². The topological polar surface area (TPSA) is 75.3 Å². The Bertz CT molecular complexity index is 585. The molecule has 260 valence electrons. The molecule has 0 atom stereocenters. The van der Waals surface area contributed by atoms with E-state index in [4.69, 9.17) is 0 Å². The molecule has 0 aromatic rings. The normalized spacial score (nSPS) is 11.1. The summed E-state index contributed by atoms with van der Waals surface area (Å²) in [5, 5.41) is 5.43. The van der Waals surface area contributed by atoms with Gasteiger partial charge in [0.25, 0.3) is 0 Å². The molecule has 0 aliphatic carbocycles. The van der Waals surface area contributed by atoms with Crippen molar-refractivity contribution in [2.24, 2.45) is 0 Å². The number of hydrogen-bond acceptors (Lipinski definition) is 3. The SMILES string of the molecule is CCCCCCCCCCCCCCCCCC(=O)NCC(=O)CNC(=O)CCCCCCCCCCCCCCCCC. The van der Waals surface area contributed by atoms with Crippen molar-refractivity contribution in [2.45, 2.75) is 219 Å². The lowest BCUT2D eigenvalue weighted by Crippen LogP contribution is -2.36. The maximum atomic E-state index is 12.0. The Labute approximate surface area is 274 Å². The van der Waals surface area contributed by atoms with Crippen molar-refractivity contribution in [1.29, 1.82) is 0 Å². The summed E-state index contributed by atoms with van der Waals surface area (Å²) in [6, 6.07) is 0. The van der Waals surface area contributed by atoms with Crippen LogP contribution in [0.2, 0.25) is 0 Å². The number of Topliss-reactive ketones (excluding diaryl/α,β-unsaturated/α-hetero) is 1. The fourth-order valence-electron chi connectivity index (χ4n) is 5.95. The van der Waals surface area contributed by atoms with Crippen LogP contribution in [0.15, 0.2) is 0 Å². The van der Waals surface area contributed by atoms with Gasteiger partial charge in [-0.25, -0.2) is 0 Å². The van der Waals surface area contributed by atoms with Crippen LogP contribution in [0.1, 0.15) is 219 Å². The van der Waals surface area contributed by atoms with Crippen molar-refractivity contribution < 1.29 is 14.4 Å². The van der Waals surface area contributed by atoms with Gasteiger partial charge in [0.05, 0.1) is 13.1 Å². The second kappa shape index (κ2) is 36.1. The summed E-state index contributed by atoms with van der Waals surface area (Å²) in [7, 11) is 0. The lowest BCUT2D eigenvalue weighted by atomic mass is 10.0. The summed E-state index contributed by atoms with van der Waals surface area (Å²) < 4.78 is 0. The van der Waals surface area contributed by atoms with Gasteiger partial charge in [0.15, 0.2) is 5.78 Å². The summed E-state index contributed by atoms with van der Waals surface area (Å²) >= 11 is 0. The molecule has 44 heavy (non-hydrogen) atoms. The molecule has 0 aromatic carbocycles. The van der Waals surface area contributed by atoms with Crippen LogP contribution in [0.5, 0.6) is 0 Å². The predicted molar refractivity (Wildman–Crippen MR) is 190 cm³/mol. The Morgan fingerprint density at radius 2 is 0.523 bits per heavy atom. The molecule has 0 unspecified atom stereocenters. The third-order valence-corrected chi connectivity index (χ3v) is 8.98. The molecular formula is C39H76N2O3. The molecular weight excluding hydrogens is 544 g/mol. The summed E-state index contributed by atoms with van der Waals surface area (Å²) in [6.45, 7) is 4.57. The molecule has 0 rings (SSSR count). The Balaban J connectivity index is 3.38. The van der Waals surface area contributed by atoms with E-state index >= 15 is 0 Å². The van der Waals surface area contributed by atoms with E-state index in [1.54, 1.807) is 0 Å². The zero-order chi connectivity index (χ0) is 32.2. The first kappa shape index (κ1) is 42.6. The third kappa shape index (κ3) is 35.1. The molecule has 0 aliphatic heterocycles. The van der Waals surface area contributed by atoms with Gasteiger partial charge in [-0.1, -0.05) is 194 Å². The summed E-state index contributed by atoms with van der Waals surface area (Å²) in [4.78, 5) is 36.1. The summed E-state index contributed by atoms with van der Waals surface area (Å²) in [5.74, 6) is -0.256. The van der Waals surface area contributed by atoms with Crippen molar-refractivity contribution >= 4 is 17.6 Å². The number of carbonyl (C=O) groups excluding carboxylic acids is 3. The first-order valence-corrected chi connectivity index (χ1v) is 19.6. The van der Waals surface area contributed by atoms with E-state index in [0.717, 1.165) is 25.7 Å². The monoisotopic (exact) mass is 621 g/mol. The summed E-state index contributed by atoms with van der Waals surface area (Å²) in [5.41, 5.74) is 0.